The van der Waals surface area contributed by atoms with Gasteiger partial charge in [0.15, 0.2) is 0 Å². The van der Waals surface area contributed by atoms with E-state index >= 15 is 0 Å². The first-order valence-corrected chi connectivity index (χ1v) is 11.0. The van der Waals surface area contributed by atoms with E-state index in [0.29, 0.717) is 24.4 Å². The fourth-order valence-corrected chi connectivity index (χ4v) is 5.26. The molecule has 0 radical (unpaired) electrons. The van der Waals surface area contributed by atoms with Crippen LogP contribution < -0.4 is 0 Å². The van der Waals surface area contributed by atoms with E-state index in [2.05, 4.69) is 46.3 Å². The highest BCUT2D eigenvalue weighted by atomic mass is 79.9. The lowest BCUT2D eigenvalue weighted by Gasteiger charge is -2.39. The lowest BCUT2D eigenvalue weighted by atomic mass is 9.69. The van der Waals surface area contributed by atoms with E-state index in [0.717, 1.165) is 41.1 Å². The van der Waals surface area contributed by atoms with Crippen molar-refractivity contribution in [2.24, 2.45) is 17.8 Å². The van der Waals surface area contributed by atoms with E-state index < -0.39 is 0 Å². The van der Waals surface area contributed by atoms with Gasteiger partial charge in [0.25, 0.3) is 0 Å². The Morgan fingerprint density at radius 2 is 2.11 bits per heavy atom. The van der Waals surface area contributed by atoms with E-state index in [9.17, 15) is 4.79 Å². The van der Waals surface area contributed by atoms with Gasteiger partial charge in [0, 0.05) is 40.6 Å². The maximum Gasteiger partial charge on any atom is 0.409 e. The molecule has 3 atom stereocenters. The second-order valence-corrected chi connectivity index (χ2v) is 8.95. The number of ether oxygens (including phenoxy) is 1. The van der Waals surface area contributed by atoms with Crippen molar-refractivity contribution < 1.29 is 9.53 Å². The molecule has 3 aliphatic rings. The number of pyridine rings is 1. The molecule has 148 valence electrons. The van der Waals surface area contributed by atoms with Gasteiger partial charge in [-0.1, -0.05) is 35.9 Å². The van der Waals surface area contributed by atoms with Crippen LogP contribution in [0.2, 0.25) is 0 Å². The van der Waals surface area contributed by atoms with Crippen molar-refractivity contribution in [3.8, 4) is 0 Å². The minimum Gasteiger partial charge on any atom is -0.450 e. The third-order valence-electron chi connectivity index (χ3n) is 5.99. The number of rotatable bonds is 2. The third-order valence-corrected chi connectivity index (χ3v) is 6.68. The summed E-state index contributed by atoms with van der Waals surface area (Å²) in [5.41, 5.74) is 2.32. The number of nitrogens with zero attached hydrogens (tertiary/aromatic N) is 2. The second kappa shape index (κ2) is 8.42. The maximum atomic E-state index is 12.1. The van der Waals surface area contributed by atoms with Gasteiger partial charge in [0.1, 0.15) is 0 Å². The van der Waals surface area contributed by atoms with Crippen LogP contribution in [0.4, 0.5) is 4.79 Å². The molecule has 2 aliphatic carbocycles. The first-order chi connectivity index (χ1) is 13.6. The molecular formula is C22H24BrClN2O2. The minimum absolute atomic E-state index is 0.198. The predicted octanol–water partition coefficient (Wildman–Crippen LogP) is 5.75. The zero-order chi connectivity index (χ0) is 19.7. The molecule has 2 heterocycles. The molecule has 1 fully saturated rings. The third kappa shape index (κ3) is 3.92. The van der Waals surface area contributed by atoms with E-state index in [4.69, 9.17) is 21.3 Å². The van der Waals surface area contributed by atoms with Crippen molar-refractivity contribution in [2.45, 2.75) is 25.7 Å². The van der Waals surface area contributed by atoms with Gasteiger partial charge < -0.3 is 9.64 Å². The fraction of sp³-hybridized carbons (Fsp3) is 0.455. The highest BCUT2D eigenvalue weighted by Crippen LogP contribution is 2.47. The van der Waals surface area contributed by atoms with Crippen LogP contribution in [0.5, 0.6) is 0 Å². The van der Waals surface area contributed by atoms with Gasteiger partial charge in [0.2, 0.25) is 0 Å². The molecular weight excluding hydrogens is 440 g/mol. The summed E-state index contributed by atoms with van der Waals surface area (Å²) in [6.07, 6.45) is 14.4. The summed E-state index contributed by atoms with van der Waals surface area (Å²) in [4.78, 5) is 18.7. The van der Waals surface area contributed by atoms with Crippen molar-refractivity contribution in [2.75, 3.05) is 19.7 Å². The van der Waals surface area contributed by atoms with Crippen LogP contribution in [0.15, 0.2) is 46.1 Å². The molecule has 1 aromatic heterocycles. The minimum atomic E-state index is -0.198. The van der Waals surface area contributed by atoms with Gasteiger partial charge in [-0.05, 0) is 65.2 Å². The monoisotopic (exact) mass is 462 g/mol. The quantitative estimate of drug-likeness (QED) is 0.561. The Morgan fingerprint density at radius 3 is 2.86 bits per heavy atom. The Kier molecular flexibility index (Phi) is 5.93. The molecule has 28 heavy (non-hydrogen) atoms. The first kappa shape index (κ1) is 19.7. The van der Waals surface area contributed by atoms with Crippen LogP contribution in [0.1, 0.15) is 36.9 Å². The number of fused-ring (bicyclic) bond motifs is 2. The lowest BCUT2D eigenvalue weighted by molar-refractivity contribution is 0.0856. The van der Waals surface area contributed by atoms with E-state index in [1.807, 2.05) is 24.1 Å². The smallest absolute Gasteiger partial charge is 0.409 e. The summed E-state index contributed by atoms with van der Waals surface area (Å²) < 4.78 is 6.16. The van der Waals surface area contributed by atoms with Crippen molar-refractivity contribution in [3.05, 3.63) is 57.3 Å². The number of piperidine rings is 1. The van der Waals surface area contributed by atoms with Crippen LogP contribution in [0.3, 0.4) is 0 Å². The van der Waals surface area contributed by atoms with Crippen LogP contribution in [0, 0.1) is 17.8 Å². The zero-order valence-corrected chi connectivity index (χ0v) is 18.2. The fourth-order valence-electron chi connectivity index (χ4n) is 4.69. The molecule has 0 N–H and O–H groups in total. The van der Waals surface area contributed by atoms with Gasteiger partial charge in [-0.2, -0.15) is 0 Å². The topological polar surface area (TPSA) is 42.4 Å². The Labute approximate surface area is 179 Å². The van der Waals surface area contributed by atoms with Crippen molar-refractivity contribution in [1.29, 1.82) is 0 Å². The number of hydrogen-bond donors (Lipinski definition) is 0. The Hall–Kier alpha value is -1.59. The number of allylic oxidation sites excluding steroid dienone is 5. The van der Waals surface area contributed by atoms with Crippen molar-refractivity contribution in [3.63, 3.8) is 0 Å². The number of likely N-dealkylation sites (tertiary alicyclic amines) is 1. The highest BCUT2D eigenvalue weighted by Gasteiger charge is 2.39. The van der Waals surface area contributed by atoms with Crippen LogP contribution in [-0.2, 0) is 4.74 Å². The molecule has 0 saturated carbocycles. The molecule has 1 amide bonds. The Morgan fingerprint density at radius 1 is 1.32 bits per heavy atom. The zero-order valence-electron chi connectivity index (χ0n) is 15.9. The Balaban J connectivity index is 1.63. The van der Waals surface area contributed by atoms with Gasteiger partial charge >= 0.3 is 6.09 Å². The number of halogens is 2. The molecule has 1 aliphatic heterocycles. The molecule has 1 aromatic rings. The van der Waals surface area contributed by atoms with Gasteiger partial charge in [-0.3, -0.25) is 4.98 Å². The van der Waals surface area contributed by atoms with E-state index in [1.54, 1.807) is 0 Å². The predicted molar refractivity (Wildman–Crippen MR) is 115 cm³/mol. The van der Waals surface area contributed by atoms with Gasteiger partial charge in [-0.25, -0.2) is 4.79 Å². The maximum absolute atomic E-state index is 12.1. The standard InChI is InChI=1S/C22H24BrClN2O2/c1-2-28-22(27)26-9-7-14(8-10-26)20-19-6-5-18(24)12-15(19)3-4-16-11-17(23)13-25-21(16)20/h3-6,11-15,19-20H,2,7-10H2,1H3. The summed E-state index contributed by atoms with van der Waals surface area (Å²) >= 11 is 9.86. The second-order valence-electron chi connectivity index (χ2n) is 7.60. The molecule has 6 heteroatoms. The molecule has 1 saturated heterocycles. The summed E-state index contributed by atoms with van der Waals surface area (Å²) in [5, 5.41) is 0.793. The summed E-state index contributed by atoms with van der Waals surface area (Å²) in [7, 11) is 0. The highest BCUT2D eigenvalue weighted by molar-refractivity contribution is 9.10. The summed E-state index contributed by atoms with van der Waals surface area (Å²) in [5.74, 6) is 1.34. The number of hydrogen-bond acceptors (Lipinski definition) is 3. The van der Waals surface area contributed by atoms with Gasteiger partial charge in [0.05, 0.1) is 12.3 Å². The van der Waals surface area contributed by atoms with Gasteiger partial charge in [-0.15, -0.1) is 0 Å². The van der Waals surface area contributed by atoms with E-state index in [-0.39, 0.29) is 12.0 Å². The number of carbonyl (C=O) groups excluding carboxylic acids is 1. The summed E-state index contributed by atoms with van der Waals surface area (Å²) in [6.45, 7) is 3.73. The Bertz CT molecular complexity index is 843. The number of aromatic nitrogens is 1. The largest absolute Gasteiger partial charge is 0.450 e. The van der Waals surface area contributed by atoms with Crippen LogP contribution in [-0.4, -0.2) is 35.7 Å². The lowest BCUT2D eigenvalue weighted by Crippen LogP contribution is -2.41. The normalized spacial score (nSPS) is 26.9. The van der Waals surface area contributed by atoms with Crippen LogP contribution >= 0.6 is 27.5 Å². The molecule has 4 rings (SSSR count). The molecule has 4 nitrogen and oxygen atoms in total. The SMILES string of the molecule is CCOC(=O)N1CCC(C2c3ncc(Br)cc3C=CC3C=C(Cl)C=CC32)CC1. The molecule has 0 spiro atoms. The number of amides is 1. The van der Waals surface area contributed by atoms with Crippen LogP contribution in [0.25, 0.3) is 6.08 Å². The average Bonchev–Trinajstić information content (AvgIpc) is 2.84. The number of carbonyl (C=O) groups is 1. The first-order valence-electron chi connectivity index (χ1n) is 9.87. The van der Waals surface area contributed by atoms with E-state index in [1.165, 1.54) is 5.56 Å². The van der Waals surface area contributed by atoms with Crippen molar-refractivity contribution >= 4 is 39.7 Å². The molecule has 3 unspecified atom stereocenters. The summed E-state index contributed by atoms with van der Waals surface area (Å²) in [6, 6.07) is 2.14. The van der Waals surface area contributed by atoms with Crippen molar-refractivity contribution in [1.82, 2.24) is 9.88 Å². The average molecular weight is 464 g/mol. The molecule has 0 bridgehead atoms. The molecule has 0 aromatic carbocycles.